The molecule has 0 aliphatic rings. The number of aliphatic hydroxyl groups is 1. The number of aliphatic hydroxyl groups excluding tert-OH is 1. The zero-order valence-corrected chi connectivity index (χ0v) is 8.24. The van der Waals surface area contributed by atoms with E-state index in [0.29, 0.717) is 19.4 Å². The summed E-state index contributed by atoms with van der Waals surface area (Å²) in [5.74, 6) is -0.310. The summed E-state index contributed by atoms with van der Waals surface area (Å²) >= 11 is 5.52. The van der Waals surface area contributed by atoms with Gasteiger partial charge in [-0.2, -0.15) is 5.10 Å². The molecule has 78 valence electrons. The second-order valence-electron chi connectivity index (χ2n) is 2.80. The molecule has 1 aromatic heterocycles. The Kier molecular flexibility index (Phi) is 3.91. The van der Waals surface area contributed by atoms with Crippen molar-refractivity contribution in [3.05, 3.63) is 21.6 Å². The monoisotopic (exact) mass is 218 g/mol. The van der Waals surface area contributed by atoms with Crippen LogP contribution in [0.2, 0.25) is 5.02 Å². The molecule has 6 heteroatoms. The van der Waals surface area contributed by atoms with E-state index in [1.54, 1.807) is 0 Å². The first-order valence-corrected chi connectivity index (χ1v) is 4.60. The molecule has 0 saturated carbocycles. The van der Waals surface area contributed by atoms with Crippen molar-refractivity contribution in [3.63, 3.8) is 0 Å². The van der Waals surface area contributed by atoms with Gasteiger partial charge in [0.2, 0.25) is 0 Å². The molecule has 0 atom stereocenters. The topological polar surface area (TPSA) is 75.3 Å². The van der Waals surface area contributed by atoms with Gasteiger partial charge in [-0.3, -0.25) is 4.79 Å². The normalized spacial score (nSPS) is 10.4. The van der Waals surface area contributed by atoms with E-state index in [1.807, 2.05) is 0 Å². The van der Waals surface area contributed by atoms with Gasteiger partial charge >= 0.3 is 0 Å². The maximum atomic E-state index is 11.3. The molecule has 0 aromatic carbocycles. The molecular weight excluding hydrogens is 208 g/mol. The Morgan fingerprint density at radius 2 is 2.21 bits per heavy atom. The van der Waals surface area contributed by atoms with Crippen LogP contribution in [-0.4, -0.2) is 26.6 Å². The first kappa shape index (κ1) is 11.0. The Hall–Kier alpha value is -1.07. The largest absolute Gasteiger partial charge is 0.505 e. The van der Waals surface area contributed by atoms with Gasteiger partial charge in [0.05, 0.1) is 6.20 Å². The summed E-state index contributed by atoms with van der Waals surface area (Å²) in [6.07, 6.45) is 2.37. The summed E-state index contributed by atoms with van der Waals surface area (Å²) in [5, 5.41) is 21.1. The summed E-state index contributed by atoms with van der Waals surface area (Å²) in [5.41, 5.74) is -0.510. The van der Waals surface area contributed by atoms with Crippen molar-refractivity contribution in [2.45, 2.75) is 19.4 Å². The van der Waals surface area contributed by atoms with Crippen LogP contribution in [0.25, 0.3) is 0 Å². The zero-order valence-electron chi connectivity index (χ0n) is 7.48. The number of aryl methyl sites for hydroxylation is 1. The van der Waals surface area contributed by atoms with Gasteiger partial charge in [-0.1, -0.05) is 11.6 Å². The van der Waals surface area contributed by atoms with E-state index in [4.69, 9.17) is 21.8 Å². The lowest BCUT2D eigenvalue weighted by Gasteiger charge is -2.04. The van der Waals surface area contributed by atoms with Gasteiger partial charge in [-0.15, -0.1) is 0 Å². The summed E-state index contributed by atoms with van der Waals surface area (Å²) in [4.78, 5) is 11.3. The van der Waals surface area contributed by atoms with Crippen LogP contribution in [0.4, 0.5) is 0 Å². The van der Waals surface area contributed by atoms with Gasteiger partial charge in [0.25, 0.3) is 5.56 Å². The first-order chi connectivity index (χ1) is 6.66. The quantitative estimate of drug-likeness (QED) is 0.717. The standard InChI is InChI=1S/C8H11ClN2O3/c9-7-6(13)5-10-11(8(7)14)3-1-2-4-12/h5,12-13H,1-4H2. The maximum Gasteiger partial charge on any atom is 0.289 e. The molecule has 14 heavy (non-hydrogen) atoms. The highest BCUT2D eigenvalue weighted by Crippen LogP contribution is 2.15. The predicted molar refractivity (Wildman–Crippen MR) is 51.5 cm³/mol. The fraction of sp³-hybridized carbons (Fsp3) is 0.500. The van der Waals surface area contributed by atoms with E-state index >= 15 is 0 Å². The number of halogens is 1. The molecule has 0 aliphatic carbocycles. The fourth-order valence-corrected chi connectivity index (χ4v) is 1.14. The predicted octanol–water partition coefficient (Wildman–Crippen LogP) is 0.375. The number of unbranched alkanes of at least 4 members (excludes halogenated alkanes) is 1. The van der Waals surface area contributed by atoms with E-state index in [-0.39, 0.29) is 17.4 Å². The molecule has 0 fully saturated rings. The summed E-state index contributed by atoms with van der Waals surface area (Å²) < 4.78 is 1.16. The average molecular weight is 219 g/mol. The van der Waals surface area contributed by atoms with E-state index in [1.165, 1.54) is 0 Å². The Balaban J connectivity index is 2.79. The molecule has 1 rings (SSSR count). The number of aromatic hydroxyl groups is 1. The van der Waals surface area contributed by atoms with Gasteiger partial charge in [0, 0.05) is 13.2 Å². The van der Waals surface area contributed by atoms with Gasteiger partial charge in [-0.05, 0) is 12.8 Å². The highest BCUT2D eigenvalue weighted by Gasteiger charge is 2.06. The van der Waals surface area contributed by atoms with Crippen LogP contribution in [0.3, 0.4) is 0 Å². The van der Waals surface area contributed by atoms with E-state index < -0.39 is 5.56 Å². The van der Waals surface area contributed by atoms with E-state index in [0.717, 1.165) is 10.9 Å². The molecular formula is C8H11ClN2O3. The Morgan fingerprint density at radius 1 is 1.50 bits per heavy atom. The molecule has 2 N–H and O–H groups in total. The minimum absolute atomic E-state index is 0.0839. The van der Waals surface area contributed by atoms with Crippen LogP contribution in [0.5, 0.6) is 5.75 Å². The highest BCUT2D eigenvalue weighted by atomic mass is 35.5. The number of aromatic nitrogens is 2. The van der Waals surface area contributed by atoms with Gasteiger partial charge in [-0.25, -0.2) is 4.68 Å². The summed E-state index contributed by atoms with van der Waals surface area (Å²) in [6.45, 7) is 0.472. The lowest BCUT2D eigenvalue weighted by atomic mass is 10.3. The van der Waals surface area contributed by atoms with Gasteiger partial charge < -0.3 is 10.2 Å². The molecule has 0 amide bonds. The van der Waals surface area contributed by atoms with Crippen molar-refractivity contribution in [1.29, 1.82) is 0 Å². The summed E-state index contributed by atoms with van der Waals surface area (Å²) in [6, 6.07) is 0. The molecule has 1 aromatic rings. The number of nitrogens with zero attached hydrogens (tertiary/aromatic N) is 2. The third kappa shape index (κ3) is 2.46. The number of hydrogen-bond acceptors (Lipinski definition) is 4. The molecule has 1 heterocycles. The first-order valence-electron chi connectivity index (χ1n) is 4.22. The van der Waals surface area contributed by atoms with Crippen molar-refractivity contribution >= 4 is 11.6 Å². The molecule has 0 radical (unpaired) electrons. The molecule has 0 aliphatic heterocycles. The third-order valence-corrected chi connectivity index (χ3v) is 2.10. The number of hydrogen-bond donors (Lipinski definition) is 2. The molecule has 0 saturated heterocycles. The lowest BCUT2D eigenvalue weighted by Crippen LogP contribution is -2.23. The maximum absolute atomic E-state index is 11.3. The number of rotatable bonds is 4. The smallest absolute Gasteiger partial charge is 0.289 e. The van der Waals surface area contributed by atoms with Crippen molar-refractivity contribution < 1.29 is 10.2 Å². The fourth-order valence-electron chi connectivity index (χ4n) is 0.989. The molecule has 0 spiro atoms. The van der Waals surface area contributed by atoms with Crippen LogP contribution in [0.1, 0.15) is 12.8 Å². The van der Waals surface area contributed by atoms with Crippen LogP contribution in [-0.2, 0) is 6.54 Å². The summed E-state index contributed by atoms with van der Waals surface area (Å²) in [7, 11) is 0. The van der Waals surface area contributed by atoms with Crippen LogP contribution < -0.4 is 5.56 Å². The van der Waals surface area contributed by atoms with Crippen LogP contribution >= 0.6 is 11.6 Å². The van der Waals surface area contributed by atoms with Gasteiger partial charge in [0.15, 0.2) is 10.8 Å². The minimum Gasteiger partial charge on any atom is -0.505 e. The molecule has 0 bridgehead atoms. The third-order valence-electron chi connectivity index (χ3n) is 1.74. The van der Waals surface area contributed by atoms with Crippen molar-refractivity contribution in [3.8, 4) is 5.75 Å². The highest BCUT2D eigenvalue weighted by molar-refractivity contribution is 6.31. The zero-order chi connectivity index (χ0) is 10.6. The van der Waals surface area contributed by atoms with Crippen molar-refractivity contribution in [1.82, 2.24) is 9.78 Å². The minimum atomic E-state index is -0.510. The van der Waals surface area contributed by atoms with Gasteiger partial charge in [0.1, 0.15) is 0 Å². The van der Waals surface area contributed by atoms with E-state index in [9.17, 15) is 4.79 Å². The Bertz CT molecular complexity index is 364. The van der Waals surface area contributed by atoms with Crippen molar-refractivity contribution in [2.75, 3.05) is 6.61 Å². The second-order valence-corrected chi connectivity index (χ2v) is 3.18. The van der Waals surface area contributed by atoms with Crippen LogP contribution in [0.15, 0.2) is 11.0 Å². The molecule has 0 unspecified atom stereocenters. The van der Waals surface area contributed by atoms with Crippen LogP contribution in [0, 0.1) is 0 Å². The Labute approximate surface area is 85.6 Å². The average Bonchev–Trinajstić information content (AvgIpc) is 2.18. The van der Waals surface area contributed by atoms with Crippen molar-refractivity contribution in [2.24, 2.45) is 0 Å². The Morgan fingerprint density at radius 3 is 2.86 bits per heavy atom. The second kappa shape index (κ2) is 4.97. The molecule has 5 nitrogen and oxygen atoms in total. The lowest BCUT2D eigenvalue weighted by molar-refractivity contribution is 0.279. The SMILES string of the molecule is O=c1c(Cl)c(O)cnn1CCCCO. The van der Waals surface area contributed by atoms with E-state index in [2.05, 4.69) is 5.10 Å².